The number of aliphatic carboxylic acids is 1. The predicted octanol–water partition coefficient (Wildman–Crippen LogP) is 0.966. The van der Waals surface area contributed by atoms with Gasteiger partial charge in [-0.1, -0.05) is 30.3 Å². The average molecular weight is 339 g/mol. The summed E-state index contributed by atoms with van der Waals surface area (Å²) in [6.45, 7) is 0.485. The Hall–Kier alpha value is -1.89. The van der Waals surface area contributed by atoms with Crippen molar-refractivity contribution in [2.75, 3.05) is 19.3 Å². The molecule has 0 bridgehead atoms. The van der Waals surface area contributed by atoms with E-state index in [4.69, 9.17) is 5.11 Å². The molecule has 126 valence electrons. The minimum absolute atomic E-state index is 0.0783. The van der Waals surface area contributed by atoms with Crippen LogP contribution in [0.1, 0.15) is 18.4 Å². The second-order valence-electron chi connectivity index (χ2n) is 5.97. The first kappa shape index (κ1) is 17.5. The molecular formula is C16H21NO5S. The fraction of sp³-hybridized carbons (Fsp3) is 0.500. The van der Waals surface area contributed by atoms with Crippen LogP contribution in [-0.4, -0.2) is 54.9 Å². The van der Waals surface area contributed by atoms with E-state index < -0.39 is 32.9 Å². The summed E-state index contributed by atoms with van der Waals surface area (Å²) >= 11 is 0. The van der Waals surface area contributed by atoms with Gasteiger partial charge in [-0.2, -0.15) is 0 Å². The maximum absolute atomic E-state index is 12.7. The summed E-state index contributed by atoms with van der Waals surface area (Å²) in [6, 6.07) is 8.97. The van der Waals surface area contributed by atoms with E-state index in [-0.39, 0.29) is 13.0 Å². The van der Waals surface area contributed by atoms with E-state index in [1.54, 1.807) is 24.3 Å². The van der Waals surface area contributed by atoms with Gasteiger partial charge < -0.3 is 10.0 Å². The van der Waals surface area contributed by atoms with Crippen molar-refractivity contribution in [3.63, 3.8) is 0 Å². The molecule has 1 amide bonds. The normalized spacial score (nSPS) is 20.0. The number of carbonyl (C=O) groups excluding carboxylic acids is 1. The molecular weight excluding hydrogens is 318 g/mol. The zero-order valence-corrected chi connectivity index (χ0v) is 13.8. The lowest BCUT2D eigenvalue weighted by Crippen LogP contribution is -2.49. The SMILES string of the molecule is CS(=O)(=O)[C@@H](Cc1ccccc1)C(=O)N1CCC[C@@H](C(=O)O)C1. The molecule has 0 saturated carbocycles. The number of nitrogens with zero attached hydrogens (tertiary/aromatic N) is 1. The van der Waals surface area contributed by atoms with Gasteiger partial charge in [-0.3, -0.25) is 9.59 Å². The Morgan fingerprint density at radius 2 is 1.96 bits per heavy atom. The van der Waals surface area contributed by atoms with Gasteiger partial charge in [-0.15, -0.1) is 0 Å². The molecule has 2 atom stereocenters. The van der Waals surface area contributed by atoms with Crippen molar-refractivity contribution in [3.8, 4) is 0 Å². The third kappa shape index (κ3) is 4.54. The average Bonchev–Trinajstić information content (AvgIpc) is 2.52. The van der Waals surface area contributed by atoms with Gasteiger partial charge in [0, 0.05) is 19.3 Å². The summed E-state index contributed by atoms with van der Waals surface area (Å²) in [6.07, 6.45) is 2.25. The summed E-state index contributed by atoms with van der Waals surface area (Å²) in [5.41, 5.74) is 0.767. The van der Waals surface area contributed by atoms with Gasteiger partial charge in [0.1, 0.15) is 5.25 Å². The van der Waals surface area contributed by atoms with Crippen LogP contribution in [0.2, 0.25) is 0 Å². The third-order valence-electron chi connectivity index (χ3n) is 4.14. The Morgan fingerprint density at radius 1 is 1.30 bits per heavy atom. The highest BCUT2D eigenvalue weighted by atomic mass is 32.2. The highest BCUT2D eigenvalue weighted by Gasteiger charge is 2.36. The lowest BCUT2D eigenvalue weighted by Gasteiger charge is -2.33. The first-order valence-corrected chi connectivity index (χ1v) is 9.49. The molecule has 1 fully saturated rings. The maximum Gasteiger partial charge on any atom is 0.308 e. The quantitative estimate of drug-likeness (QED) is 0.863. The van der Waals surface area contributed by atoms with E-state index in [1.807, 2.05) is 6.07 Å². The second kappa shape index (κ2) is 7.12. The molecule has 0 spiro atoms. The van der Waals surface area contributed by atoms with Crippen molar-refractivity contribution in [1.82, 2.24) is 4.90 Å². The van der Waals surface area contributed by atoms with Gasteiger partial charge in [-0.05, 0) is 24.8 Å². The van der Waals surface area contributed by atoms with Gasteiger partial charge in [0.05, 0.1) is 5.92 Å². The van der Waals surface area contributed by atoms with E-state index >= 15 is 0 Å². The molecule has 6 nitrogen and oxygen atoms in total. The number of carboxylic acid groups (broad SMARTS) is 1. The fourth-order valence-corrected chi connectivity index (χ4v) is 3.84. The molecule has 1 saturated heterocycles. The number of likely N-dealkylation sites (tertiary alicyclic amines) is 1. The molecule has 0 aliphatic carbocycles. The number of hydrogen-bond acceptors (Lipinski definition) is 4. The standard InChI is InChI=1S/C16H21NO5S/c1-23(21,22)14(10-12-6-3-2-4-7-12)15(18)17-9-5-8-13(11-17)16(19)20/h2-4,6-7,13-14H,5,8-11H2,1H3,(H,19,20)/t13-,14+/m1/s1. The number of amides is 1. The number of hydrogen-bond donors (Lipinski definition) is 1. The van der Waals surface area contributed by atoms with Gasteiger partial charge in [-0.25, -0.2) is 8.42 Å². The van der Waals surface area contributed by atoms with Crippen molar-refractivity contribution in [2.45, 2.75) is 24.5 Å². The van der Waals surface area contributed by atoms with Crippen molar-refractivity contribution < 1.29 is 23.1 Å². The summed E-state index contributed by atoms with van der Waals surface area (Å²) in [7, 11) is -3.59. The van der Waals surface area contributed by atoms with Crippen LogP contribution < -0.4 is 0 Å². The van der Waals surface area contributed by atoms with E-state index in [9.17, 15) is 18.0 Å². The molecule has 2 rings (SSSR count). The van der Waals surface area contributed by atoms with Crippen LogP contribution >= 0.6 is 0 Å². The summed E-state index contributed by atoms with van der Waals surface area (Å²) < 4.78 is 24.1. The molecule has 1 heterocycles. The smallest absolute Gasteiger partial charge is 0.308 e. The van der Waals surface area contributed by atoms with Crippen LogP contribution in [0.25, 0.3) is 0 Å². The number of benzene rings is 1. The molecule has 23 heavy (non-hydrogen) atoms. The van der Waals surface area contributed by atoms with E-state index in [1.165, 1.54) is 4.90 Å². The molecule has 0 radical (unpaired) electrons. The van der Waals surface area contributed by atoms with Crippen LogP contribution in [-0.2, 0) is 25.8 Å². The highest BCUT2D eigenvalue weighted by Crippen LogP contribution is 2.20. The van der Waals surface area contributed by atoms with Crippen molar-refractivity contribution >= 4 is 21.7 Å². The Kier molecular flexibility index (Phi) is 5.41. The van der Waals surface area contributed by atoms with Crippen LogP contribution in [0, 0.1) is 5.92 Å². The number of carbonyl (C=O) groups is 2. The minimum Gasteiger partial charge on any atom is -0.481 e. The monoisotopic (exact) mass is 339 g/mol. The lowest BCUT2D eigenvalue weighted by molar-refractivity contribution is -0.145. The number of piperidine rings is 1. The molecule has 1 aliphatic rings. The summed E-state index contributed by atoms with van der Waals surface area (Å²) in [4.78, 5) is 25.2. The van der Waals surface area contributed by atoms with E-state index in [0.29, 0.717) is 19.4 Å². The molecule has 7 heteroatoms. The summed E-state index contributed by atoms with van der Waals surface area (Å²) in [5.74, 6) is -2.06. The van der Waals surface area contributed by atoms with E-state index in [2.05, 4.69) is 0 Å². The van der Waals surface area contributed by atoms with Crippen molar-refractivity contribution in [2.24, 2.45) is 5.92 Å². The minimum atomic E-state index is -3.59. The number of rotatable bonds is 5. The third-order valence-corrected chi connectivity index (χ3v) is 5.54. The van der Waals surface area contributed by atoms with Crippen molar-refractivity contribution in [3.05, 3.63) is 35.9 Å². The van der Waals surface area contributed by atoms with Gasteiger partial charge in [0.25, 0.3) is 0 Å². The largest absolute Gasteiger partial charge is 0.481 e. The predicted molar refractivity (Wildman–Crippen MR) is 85.7 cm³/mol. The Morgan fingerprint density at radius 3 is 2.52 bits per heavy atom. The van der Waals surface area contributed by atoms with Crippen LogP contribution in [0.3, 0.4) is 0 Å². The molecule has 0 aromatic heterocycles. The first-order chi connectivity index (χ1) is 10.8. The van der Waals surface area contributed by atoms with Crippen LogP contribution in [0.15, 0.2) is 30.3 Å². The van der Waals surface area contributed by atoms with Crippen LogP contribution in [0.4, 0.5) is 0 Å². The van der Waals surface area contributed by atoms with E-state index in [0.717, 1.165) is 11.8 Å². The molecule has 1 aromatic rings. The zero-order chi connectivity index (χ0) is 17.0. The van der Waals surface area contributed by atoms with Crippen molar-refractivity contribution in [1.29, 1.82) is 0 Å². The highest BCUT2D eigenvalue weighted by molar-refractivity contribution is 7.92. The Labute approximate surface area is 136 Å². The molecule has 1 aliphatic heterocycles. The number of carboxylic acids is 1. The summed E-state index contributed by atoms with van der Waals surface area (Å²) in [5, 5.41) is 7.95. The van der Waals surface area contributed by atoms with Gasteiger partial charge in [0.15, 0.2) is 9.84 Å². The maximum atomic E-state index is 12.7. The molecule has 1 N–H and O–H groups in total. The topological polar surface area (TPSA) is 91.8 Å². The number of sulfone groups is 1. The molecule has 0 unspecified atom stereocenters. The Bertz CT molecular complexity index is 671. The second-order valence-corrected chi connectivity index (χ2v) is 8.20. The first-order valence-electron chi connectivity index (χ1n) is 7.53. The molecule has 1 aromatic carbocycles. The fourth-order valence-electron chi connectivity index (χ4n) is 2.83. The Balaban J connectivity index is 2.19. The zero-order valence-electron chi connectivity index (χ0n) is 13.0. The lowest BCUT2D eigenvalue weighted by atomic mass is 9.97. The van der Waals surface area contributed by atoms with Crippen LogP contribution in [0.5, 0.6) is 0 Å². The van der Waals surface area contributed by atoms with Gasteiger partial charge >= 0.3 is 5.97 Å². The van der Waals surface area contributed by atoms with Gasteiger partial charge in [0.2, 0.25) is 5.91 Å².